The highest BCUT2D eigenvalue weighted by Crippen LogP contribution is 2.19. The predicted molar refractivity (Wildman–Crippen MR) is 93.3 cm³/mol. The number of hydrogen-bond donors (Lipinski definition) is 3. The van der Waals surface area contributed by atoms with Gasteiger partial charge >= 0.3 is 18.0 Å². The van der Waals surface area contributed by atoms with E-state index in [0.717, 1.165) is 0 Å². The van der Waals surface area contributed by atoms with Crippen LogP contribution in [0.1, 0.15) is 27.1 Å². The SMILES string of the molecule is COC(=O)c1cc(NC(=O)N2CCNC(=O)C2CCO)cc(C(=O)OC)c1. The first-order valence-electron chi connectivity index (χ1n) is 8.19. The summed E-state index contributed by atoms with van der Waals surface area (Å²) in [5, 5.41) is 14.3. The number of nitrogens with one attached hydrogen (secondary N) is 2. The molecule has 27 heavy (non-hydrogen) atoms. The fourth-order valence-electron chi connectivity index (χ4n) is 2.73. The number of piperazine rings is 1. The van der Waals surface area contributed by atoms with Crippen LogP contribution in [0.3, 0.4) is 0 Å². The van der Waals surface area contributed by atoms with E-state index in [4.69, 9.17) is 5.11 Å². The van der Waals surface area contributed by atoms with E-state index in [9.17, 15) is 19.2 Å². The van der Waals surface area contributed by atoms with Crippen LogP contribution in [0, 0.1) is 0 Å². The average Bonchev–Trinajstić information content (AvgIpc) is 2.67. The quantitative estimate of drug-likeness (QED) is 0.612. The van der Waals surface area contributed by atoms with Crippen molar-refractivity contribution >= 4 is 29.6 Å². The lowest BCUT2D eigenvalue weighted by Gasteiger charge is -2.34. The molecule has 146 valence electrons. The molecule has 1 aromatic carbocycles. The molecular weight excluding hydrogens is 358 g/mol. The summed E-state index contributed by atoms with van der Waals surface area (Å²) in [5.41, 5.74) is 0.273. The number of rotatable bonds is 5. The van der Waals surface area contributed by atoms with Gasteiger partial charge in [0.25, 0.3) is 0 Å². The van der Waals surface area contributed by atoms with Crippen molar-refractivity contribution in [3.63, 3.8) is 0 Å². The zero-order chi connectivity index (χ0) is 20.0. The largest absolute Gasteiger partial charge is 0.465 e. The maximum Gasteiger partial charge on any atom is 0.337 e. The average molecular weight is 379 g/mol. The number of nitrogens with zero attached hydrogens (tertiary/aromatic N) is 1. The second kappa shape index (κ2) is 8.99. The van der Waals surface area contributed by atoms with Gasteiger partial charge < -0.3 is 30.1 Å². The summed E-state index contributed by atoms with van der Waals surface area (Å²) in [6.45, 7) is 0.277. The summed E-state index contributed by atoms with van der Waals surface area (Å²) in [5.74, 6) is -1.73. The molecule has 3 amide bonds. The Kier molecular flexibility index (Phi) is 6.72. The number of benzene rings is 1. The molecular formula is C17H21N3O7. The minimum atomic E-state index is -0.812. The summed E-state index contributed by atoms with van der Waals surface area (Å²) >= 11 is 0. The number of hydrogen-bond acceptors (Lipinski definition) is 7. The number of anilines is 1. The van der Waals surface area contributed by atoms with Gasteiger partial charge in [-0.15, -0.1) is 0 Å². The Balaban J connectivity index is 2.28. The fourth-order valence-corrected chi connectivity index (χ4v) is 2.73. The first kappa shape index (κ1) is 20.2. The number of aliphatic hydroxyl groups is 1. The lowest BCUT2D eigenvalue weighted by atomic mass is 10.1. The van der Waals surface area contributed by atoms with Gasteiger partial charge in [-0.3, -0.25) is 4.79 Å². The third-order valence-corrected chi connectivity index (χ3v) is 4.02. The first-order chi connectivity index (χ1) is 12.9. The minimum absolute atomic E-state index is 0.0546. The van der Waals surface area contributed by atoms with Gasteiger partial charge in [0.2, 0.25) is 5.91 Å². The summed E-state index contributed by atoms with van der Waals surface area (Å²) in [6, 6.07) is 2.58. The molecule has 1 atom stereocenters. The third-order valence-electron chi connectivity index (χ3n) is 4.02. The van der Waals surface area contributed by atoms with Crippen molar-refractivity contribution in [2.45, 2.75) is 12.5 Å². The Morgan fingerprint density at radius 2 is 1.78 bits per heavy atom. The molecule has 1 aliphatic rings. The second-order valence-corrected chi connectivity index (χ2v) is 5.72. The predicted octanol–water partition coefficient (Wildman–Crippen LogP) is -0.0255. The minimum Gasteiger partial charge on any atom is -0.465 e. The van der Waals surface area contributed by atoms with Crippen LogP contribution in [0.5, 0.6) is 0 Å². The van der Waals surface area contributed by atoms with Crippen LogP contribution in [0.4, 0.5) is 10.5 Å². The van der Waals surface area contributed by atoms with Gasteiger partial charge in [0.1, 0.15) is 6.04 Å². The maximum atomic E-state index is 12.6. The van der Waals surface area contributed by atoms with Crippen LogP contribution in [0.25, 0.3) is 0 Å². The van der Waals surface area contributed by atoms with E-state index < -0.39 is 24.0 Å². The van der Waals surface area contributed by atoms with Gasteiger partial charge in [-0.25, -0.2) is 14.4 Å². The van der Waals surface area contributed by atoms with Gasteiger partial charge in [-0.2, -0.15) is 0 Å². The summed E-state index contributed by atoms with van der Waals surface area (Å²) in [4.78, 5) is 49.5. The number of amides is 3. The zero-order valence-corrected chi connectivity index (χ0v) is 15.0. The zero-order valence-electron chi connectivity index (χ0n) is 15.0. The molecule has 1 unspecified atom stereocenters. The van der Waals surface area contributed by atoms with Gasteiger partial charge in [-0.1, -0.05) is 0 Å². The first-order valence-corrected chi connectivity index (χ1v) is 8.19. The Hall–Kier alpha value is -3.14. The molecule has 1 aliphatic heterocycles. The number of ether oxygens (including phenoxy) is 2. The Morgan fingerprint density at radius 3 is 2.30 bits per heavy atom. The van der Waals surface area contributed by atoms with Crippen molar-refractivity contribution in [2.75, 3.05) is 39.2 Å². The highest BCUT2D eigenvalue weighted by molar-refractivity contribution is 6.00. The van der Waals surface area contributed by atoms with Crippen LogP contribution in [0.15, 0.2) is 18.2 Å². The lowest BCUT2D eigenvalue weighted by molar-refractivity contribution is -0.128. The molecule has 0 saturated carbocycles. The van der Waals surface area contributed by atoms with Crippen LogP contribution in [-0.2, 0) is 14.3 Å². The molecule has 10 heteroatoms. The molecule has 0 radical (unpaired) electrons. The molecule has 1 aromatic rings. The topological polar surface area (TPSA) is 134 Å². The van der Waals surface area contributed by atoms with Crippen LogP contribution in [-0.4, -0.2) is 73.8 Å². The van der Waals surface area contributed by atoms with E-state index in [0.29, 0.717) is 0 Å². The summed E-state index contributed by atoms with van der Waals surface area (Å²) in [6.07, 6.45) is 0.0921. The van der Waals surface area contributed by atoms with Crippen molar-refractivity contribution in [2.24, 2.45) is 0 Å². The Morgan fingerprint density at radius 1 is 1.19 bits per heavy atom. The lowest BCUT2D eigenvalue weighted by Crippen LogP contribution is -2.58. The number of carbonyl (C=O) groups is 4. The van der Waals surface area contributed by atoms with Crippen LogP contribution in [0.2, 0.25) is 0 Å². The van der Waals surface area contributed by atoms with Gasteiger partial charge in [0.05, 0.1) is 25.3 Å². The molecule has 1 fully saturated rings. The fraction of sp³-hybridized carbons (Fsp3) is 0.412. The third kappa shape index (κ3) is 4.73. The molecule has 10 nitrogen and oxygen atoms in total. The number of aliphatic hydroxyl groups excluding tert-OH is 1. The van der Waals surface area contributed by atoms with E-state index in [1.165, 1.54) is 37.3 Å². The highest BCUT2D eigenvalue weighted by atomic mass is 16.5. The molecule has 0 bridgehead atoms. The standard InChI is InChI=1S/C17H21N3O7/c1-26-15(23)10-7-11(16(24)27-2)9-12(8-10)19-17(25)20-5-4-18-14(22)13(20)3-6-21/h7-9,13,21H,3-6H2,1-2H3,(H,18,22)(H,19,25). The molecule has 0 aliphatic carbocycles. The van der Waals surface area contributed by atoms with Gasteiger partial charge in [0, 0.05) is 25.4 Å². The van der Waals surface area contributed by atoms with Crippen LogP contribution >= 0.6 is 0 Å². The van der Waals surface area contributed by atoms with Crippen molar-refractivity contribution in [3.05, 3.63) is 29.3 Å². The van der Waals surface area contributed by atoms with Crippen molar-refractivity contribution < 1.29 is 33.8 Å². The Bertz CT molecular complexity index is 716. The van der Waals surface area contributed by atoms with Crippen molar-refractivity contribution in [1.82, 2.24) is 10.2 Å². The summed E-state index contributed by atoms with van der Waals surface area (Å²) in [7, 11) is 2.38. The van der Waals surface area contributed by atoms with Crippen molar-refractivity contribution in [1.29, 1.82) is 0 Å². The van der Waals surface area contributed by atoms with E-state index >= 15 is 0 Å². The molecule has 1 saturated heterocycles. The highest BCUT2D eigenvalue weighted by Gasteiger charge is 2.32. The number of esters is 2. The second-order valence-electron chi connectivity index (χ2n) is 5.72. The van der Waals surface area contributed by atoms with Crippen molar-refractivity contribution in [3.8, 4) is 0 Å². The normalized spacial score (nSPS) is 16.3. The van der Waals surface area contributed by atoms with E-state index in [-0.39, 0.29) is 48.8 Å². The smallest absolute Gasteiger partial charge is 0.337 e. The molecule has 0 aromatic heterocycles. The summed E-state index contributed by atoms with van der Waals surface area (Å²) < 4.78 is 9.30. The number of carbonyl (C=O) groups excluding carboxylic acids is 4. The molecule has 0 spiro atoms. The molecule has 2 rings (SSSR count). The monoisotopic (exact) mass is 379 g/mol. The maximum absolute atomic E-state index is 12.6. The van der Waals surface area contributed by atoms with E-state index in [1.807, 2.05) is 0 Å². The van der Waals surface area contributed by atoms with Gasteiger partial charge in [0.15, 0.2) is 0 Å². The van der Waals surface area contributed by atoms with E-state index in [2.05, 4.69) is 20.1 Å². The number of urea groups is 1. The number of methoxy groups -OCH3 is 2. The molecule has 1 heterocycles. The van der Waals surface area contributed by atoms with Gasteiger partial charge in [-0.05, 0) is 24.6 Å². The Labute approximate surface area is 155 Å². The van der Waals surface area contributed by atoms with Crippen LogP contribution < -0.4 is 10.6 Å². The molecule has 3 N–H and O–H groups in total. The van der Waals surface area contributed by atoms with E-state index in [1.54, 1.807) is 0 Å².